The van der Waals surface area contributed by atoms with Crippen molar-refractivity contribution in [2.45, 2.75) is 54.4 Å². The van der Waals surface area contributed by atoms with E-state index in [0.717, 1.165) is 12.8 Å². The van der Waals surface area contributed by atoms with Crippen LogP contribution in [0.3, 0.4) is 0 Å². The summed E-state index contributed by atoms with van der Waals surface area (Å²) in [6, 6.07) is 8.68. The Kier molecular flexibility index (Phi) is 5.20. The van der Waals surface area contributed by atoms with Gasteiger partial charge in [0, 0.05) is 6.61 Å². The molecule has 1 atom stereocenters. The number of aliphatic hydroxyl groups excluding tert-OH is 1. The quantitative estimate of drug-likeness (QED) is 0.848. The van der Waals surface area contributed by atoms with Gasteiger partial charge in [-0.2, -0.15) is 0 Å². The molecule has 0 saturated heterocycles. The largest absolute Gasteiger partial charge is 0.396 e. The van der Waals surface area contributed by atoms with Gasteiger partial charge in [0.15, 0.2) is 0 Å². The van der Waals surface area contributed by atoms with Gasteiger partial charge in [-0.3, -0.25) is 0 Å². The smallest absolute Gasteiger partial charge is 0.0467 e. The minimum atomic E-state index is 0.142. The number of rotatable bonds is 4. The summed E-state index contributed by atoms with van der Waals surface area (Å²) in [5.41, 5.74) is 3.26. The van der Waals surface area contributed by atoms with E-state index in [1.807, 2.05) is 0 Å². The maximum Gasteiger partial charge on any atom is 0.0467 e. The van der Waals surface area contributed by atoms with Crippen molar-refractivity contribution < 1.29 is 5.11 Å². The van der Waals surface area contributed by atoms with Crippen LogP contribution < -0.4 is 0 Å². The van der Waals surface area contributed by atoms with E-state index in [4.69, 9.17) is 0 Å². The second-order valence-corrected chi connectivity index (χ2v) is 7.96. The van der Waals surface area contributed by atoms with E-state index >= 15 is 0 Å². The summed E-state index contributed by atoms with van der Waals surface area (Å²) in [5, 5.41) is 9.65. The molecule has 1 aromatic rings. The topological polar surface area (TPSA) is 20.2 Å². The van der Waals surface area contributed by atoms with E-state index in [1.165, 1.54) is 11.1 Å². The molecule has 1 nitrogen and oxygen atoms in total. The van der Waals surface area contributed by atoms with Crippen LogP contribution in [0.15, 0.2) is 24.3 Å². The molecular formula is C18H30O. The van der Waals surface area contributed by atoms with Crippen LogP contribution in [0.4, 0.5) is 0 Å². The highest BCUT2D eigenvalue weighted by Crippen LogP contribution is 2.31. The first kappa shape index (κ1) is 16.2. The van der Waals surface area contributed by atoms with Crippen molar-refractivity contribution in [3.8, 4) is 0 Å². The van der Waals surface area contributed by atoms with Crippen LogP contribution in [0.25, 0.3) is 0 Å². The number of hydrogen-bond acceptors (Lipinski definition) is 1. The Morgan fingerprint density at radius 3 is 1.89 bits per heavy atom. The van der Waals surface area contributed by atoms with E-state index < -0.39 is 0 Å². The summed E-state index contributed by atoms with van der Waals surface area (Å²) in [5.74, 6) is 0.314. The third kappa shape index (κ3) is 5.36. The lowest BCUT2D eigenvalue weighted by Gasteiger charge is -2.30. The molecule has 0 spiro atoms. The molecule has 0 radical (unpaired) electrons. The fourth-order valence-electron chi connectivity index (χ4n) is 2.41. The highest BCUT2D eigenvalue weighted by molar-refractivity contribution is 5.28. The van der Waals surface area contributed by atoms with Crippen molar-refractivity contribution in [3.63, 3.8) is 0 Å². The summed E-state index contributed by atoms with van der Waals surface area (Å²) < 4.78 is 0. The van der Waals surface area contributed by atoms with Crippen LogP contribution in [0.1, 0.15) is 52.7 Å². The zero-order valence-electron chi connectivity index (χ0n) is 13.5. The van der Waals surface area contributed by atoms with Crippen molar-refractivity contribution in [2.75, 3.05) is 6.61 Å². The van der Waals surface area contributed by atoms with Crippen LogP contribution >= 0.6 is 0 Å². The Balaban J connectivity index is 2.95. The minimum absolute atomic E-state index is 0.142. The van der Waals surface area contributed by atoms with Gasteiger partial charge in [0.2, 0.25) is 0 Å². The molecule has 0 amide bonds. The third-order valence-corrected chi connectivity index (χ3v) is 3.75. The van der Waals surface area contributed by atoms with E-state index in [9.17, 15) is 5.11 Å². The van der Waals surface area contributed by atoms with Gasteiger partial charge in [0.25, 0.3) is 0 Å². The first-order valence-electron chi connectivity index (χ1n) is 7.31. The second kappa shape index (κ2) is 6.09. The van der Waals surface area contributed by atoms with Gasteiger partial charge in [-0.05, 0) is 40.7 Å². The maximum atomic E-state index is 9.65. The van der Waals surface area contributed by atoms with Crippen molar-refractivity contribution >= 4 is 0 Å². The molecule has 0 bridgehead atoms. The van der Waals surface area contributed by atoms with Gasteiger partial charge in [-0.1, -0.05) is 65.8 Å². The Hall–Kier alpha value is -0.820. The van der Waals surface area contributed by atoms with Crippen LogP contribution in [0.2, 0.25) is 0 Å². The fraction of sp³-hybridized carbons (Fsp3) is 0.667. The van der Waals surface area contributed by atoms with Gasteiger partial charge in [-0.25, -0.2) is 0 Å². The average molecular weight is 262 g/mol. The molecule has 1 heteroatoms. The Bertz CT molecular complexity index is 393. The van der Waals surface area contributed by atoms with Crippen molar-refractivity contribution in [1.82, 2.24) is 0 Å². The van der Waals surface area contributed by atoms with E-state index in [-0.39, 0.29) is 12.0 Å². The van der Waals surface area contributed by atoms with E-state index in [1.54, 1.807) is 0 Å². The Morgan fingerprint density at radius 2 is 1.47 bits per heavy atom. The molecule has 1 rings (SSSR count). The highest BCUT2D eigenvalue weighted by atomic mass is 16.3. The first-order chi connectivity index (χ1) is 8.63. The Morgan fingerprint density at radius 1 is 0.947 bits per heavy atom. The van der Waals surface area contributed by atoms with Gasteiger partial charge in [0.05, 0.1) is 0 Å². The molecule has 0 heterocycles. The molecule has 0 aliphatic rings. The third-order valence-electron chi connectivity index (χ3n) is 3.75. The lowest BCUT2D eigenvalue weighted by Crippen LogP contribution is -2.26. The van der Waals surface area contributed by atoms with Crippen molar-refractivity contribution in [3.05, 3.63) is 35.4 Å². The molecular weight excluding hydrogens is 232 g/mol. The molecule has 0 aromatic heterocycles. The average Bonchev–Trinajstić information content (AvgIpc) is 2.24. The zero-order chi connectivity index (χ0) is 14.7. The van der Waals surface area contributed by atoms with Gasteiger partial charge < -0.3 is 5.11 Å². The second-order valence-electron chi connectivity index (χ2n) is 7.96. The molecule has 108 valence electrons. The van der Waals surface area contributed by atoms with Crippen molar-refractivity contribution in [2.24, 2.45) is 16.7 Å². The lowest BCUT2D eigenvalue weighted by molar-refractivity contribution is 0.131. The maximum absolute atomic E-state index is 9.65. The summed E-state index contributed by atoms with van der Waals surface area (Å²) in [7, 11) is 0. The summed E-state index contributed by atoms with van der Waals surface area (Å²) in [6.45, 7) is 13.7. The molecule has 1 aromatic carbocycles. The molecule has 0 unspecified atom stereocenters. The van der Waals surface area contributed by atoms with Gasteiger partial charge >= 0.3 is 0 Å². The Labute approximate surface area is 119 Å². The standard InChI is InChI=1S/C18H30O/c1-17(2,3)12-15-10-8-7-9-14(15)11-16(13-19)18(4,5)6/h7-10,16,19H,11-13H2,1-6H3/t16-/m0/s1. The zero-order valence-corrected chi connectivity index (χ0v) is 13.5. The minimum Gasteiger partial charge on any atom is -0.396 e. The SMILES string of the molecule is CC(C)(C)Cc1ccccc1C[C@@H](CO)C(C)(C)C. The summed E-state index contributed by atoms with van der Waals surface area (Å²) >= 11 is 0. The van der Waals surface area contributed by atoms with E-state index in [2.05, 4.69) is 65.8 Å². The molecule has 1 N–H and O–H groups in total. The van der Waals surface area contributed by atoms with Crippen LogP contribution in [-0.4, -0.2) is 11.7 Å². The first-order valence-corrected chi connectivity index (χ1v) is 7.31. The normalized spacial score (nSPS) is 14.5. The molecule has 0 fully saturated rings. The molecule has 19 heavy (non-hydrogen) atoms. The lowest BCUT2D eigenvalue weighted by atomic mass is 9.76. The van der Waals surface area contributed by atoms with Crippen molar-refractivity contribution in [1.29, 1.82) is 0 Å². The number of benzene rings is 1. The van der Waals surface area contributed by atoms with Crippen LogP contribution in [0, 0.1) is 16.7 Å². The van der Waals surface area contributed by atoms with Gasteiger partial charge in [0.1, 0.15) is 0 Å². The van der Waals surface area contributed by atoms with Crippen LogP contribution in [0.5, 0.6) is 0 Å². The summed E-state index contributed by atoms with van der Waals surface area (Å²) in [4.78, 5) is 0. The predicted octanol–water partition coefficient (Wildman–Crippen LogP) is 4.47. The molecule has 0 aliphatic carbocycles. The molecule has 0 saturated carbocycles. The monoisotopic (exact) mass is 262 g/mol. The molecule has 0 aliphatic heterocycles. The number of hydrogen-bond donors (Lipinski definition) is 1. The highest BCUT2D eigenvalue weighted by Gasteiger charge is 2.25. The van der Waals surface area contributed by atoms with Gasteiger partial charge in [-0.15, -0.1) is 0 Å². The fourth-order valence-corrected chi connectivity index (χ4v) is 2.41. The number of aliphatic hydroxyl groups is 1. The summed E-state index contributed by atoms with van der Waals surface area (Å²) in [6.07, 6.45) is 2.05. The predicted molar refractivity (Wildman–Crippen MR) is 83.3 cm³/mol. The van der Waals surface area contributed by atoms with Crippen LogP contribution in [-0.2, 0) is 12.8 Å². The van der Waals surface area contributed by atoms with E-state index in [0.29, 0.717) is 11.3 Å².